The van der Waals surface area contributed by atoms with Crippen molar-refractivity contribution < 1.29 is 32.9 Å². The third-order valence-electron chi connectivity index (χ3n) is 7.13. The second kappa shape index (κ2) is 11.5. The molecule has 9 nitrogen and oxygen atoms in total. The molecule has 4 heterocycles. The highest BCUT2D eigenvalue weighted by Crippen LogP contribution is 2.38. The Morgan fingerprint density at radius 3 is 2.60 bits per heavy atom. The highest BCUT2D eigenvalue weighted by molar-refractivity contribution is 5.98. The van der Waals surface area contributed by atoms with E-state index in [-0.39, 0.29) is 24.6 Å². The van der Waals surface area contributed by atoms with Gasteiger partial charge in [-0.2, -0.15) is 5.26 Å². The van der Waals surface area contributed by atoms with Gasteiger partial charge in [0.25, 0.3) is 0 Å². The van der Waals surface area contributed by atoms with Crippen LogP contribution in [0.4, 0.5) is 0 Å². The van der Waals surface area contributed by atoms with Crippen LogP contribution in [0.25, 0.3) is 33.6 Å². The third-order valence-corrected chi connectivity index (χ3v) is 7.13. The smallest absolute Gasteiger partial charge is 0.188 e. The van der Waals surface area contributed by atoms with Gasteiger partial charge in [0.15, 0.2) is 11.4 Å². The van der Waals surface area contributed by atoms with Crippen LogP contribution >= 0.6 is 0 Å². The van der Waals surface area contributed by atoms with Crippen LogP contribution in [0, 0.1) is 11.3 Å². The first kappa shape index (κ1) is 26.0. The molecule has 0 aliphatic carbocycles. The van der Waals surface area contributed by atoms with Crippen LogP contribution in [0.2, 0.25) is 0 Å². The lowest BCUT2D eigenvalue weighted by Crippen LogP contribution is -2.37. The molecular formula is C31H28N2O7. The molecule has 2 aliphatic rings. The van der Waals surface area contributed by atoms with Crippen molar-refractivity contribution in [1.82, 2.24) is 4.98 Å². The van der Waals surface area contributed by atoms with E-state index in [9.17, 15) is 10.1 Å². The monoisotopic (exact) mass is 540 g/mol. The lowest BCUT2D eigenvalue weighted by Gasteiger charge is -2.25. The number of rotatable bonds is 9. The molecule has 0 N–H and O–H groups in total. The summed E-state index contributed by atoms with van der Waals surface area (Å²) in [7, 11) is 1.55. The van der Waals surface area contributed by atoms with E-state index in [2.05, 4.69) is 11.1 Å². The summed E-state index contributed by atoms with van der Waals surface area (Å²) in [4.78, 5) is 17.1. The van der Waals surface area contributed by atoms with Crippen LogP contribution in [0.3, 0.4) is 0 Å². The molecule has 0 unspecified atom stereocenters. The minimum absolute atomic E-state index is 0.0158. The van der Waals surface area contributed by atoms with Crippen LogP contribution in [0.15, 0.2) is 59.1 Å². The van der Waals surface area contributed by atoms with E-state index in [1.165, 1.54) is 0 Å². The number of pyridine rings is 1. The maximum atomic E-state index is 12.6. The number of methoxy groups -OCH3 is 1. The van der Waals surface area contributed by atoms with Gasteiger partial charge in [-0.25, -0.2) is 0 Å². The Kier molecular flexibility index (Phi) is 7.47. The molecule has 2 fully saturated rings. The van der Waals surface area contributed by atoms with Crippen LogP contribution < -0.4 is 9.47 Å². The average Bonchev–Trinajstić information content (AvgIpc) is 3.41. The number of nitriles is 1. The van der Waals surface area contributed by atoms with Gasteiger partial charge in [0.2, 0.25) is 0 Å². The van der Waals surface area contributed by atoms with Gasteiger partial charge in [-0.3, -0.25) is 9.78 Å². The number of fused-ring (bicyclic) bond motifs is 1. The Balaban J connectivity index is 1.28. The highest BCUT2D eigenvalue weighted by Gasteiger charge is 2.22. The molecule has 2 aliphatic heterocycles. The Hall–Kier alpha value is -4.23. The van der Waals surface area contributed by atoms with E-state index < -0.39 is 0 Å². The summed E-state index contributed by atoms with van der Waals surface area (Å²) in [6.07, 6.45) is 3.32. The number of hydrogen-bond donors (Lipinski definition) is 0. The zero-order valence-electron chi connectivity index (χ0n) is 22.1. The standard InChI is InChI=1S/C31H28N2O7/c1-35-29-13-20(27(34)18-38-23-16-37-17-23)2-4-25(29)30-14-26-31(40-30)24(6-9-33-26)19-3-5-28(21(12-19)15-32)39-22-7-10-36-11-8-22/h2-6,9,12-14,22-23H,7-8,10-11,16-18H2,1H3. The number of aromatic nitrogens is 1. The summed E-state index contributed by atoms with van der Waals surface area (Å²) >= 11 is 0. The summed E-state index contributed by atoms with van der Waals surface area (Å²) in [6, 6.07) is 16.7. The van der Waals surface area contributed by atoms with Gasteiger partial charge < -0.3 is 28.1 Å². The van der Waals surface area contributed by atoms with Crippen molar-refractivity contribution in [2.45, 2.75) is 25.0 Å². The van der Waals surface area contributed by atoms with Crippen LogP contribution in [0.1, 0.15) is 28.8 Å². The molecule has 2 aromatic heterocycles. The van der Waals surface area contributed by atoms with E-state index in [1.807, 2.05) is 30.3 Å². The number of hydrogen-bond acceptors (Lipinski definition) is 9. The molecule has 9 heteroatoms. The fourth-order valence-electron chi connectivity index (χ4n) is 4.81. The van der Waals surface area contributed by atoms with Gasteiger partial charge >= 0.3 is 0 Å². The summed E-state index contributed by atoms with van der Waals surface area (Å²) in [6.45, 7) is 2.34. The summed E-state index contributed by atoms with van der Waals surface area (Å²) in [5.41, 5.74) is 4.49. The predicted octanol–water partition coefficient (Wildman–Crippen LogP) is 5.20. The fourth-order valence-corrected chi connectivity index (χ4v) is 4.81. The second-order valence-electron chi connectivity index (χ2n) is 9.74. The van der Waals surface area contributed by atoms with E-state index in [0.717, 1.165) is 24.0 Å². The first-order valence-electron chi connectivity index (χ1n) is 13.2. The van der Waals surface area contributed by atoms with E-state index >= 15 is 0 Å². The van der Waals surface area contributed by atoms with Crippen molar-refractivity contribution in [2.75, 3.05) is 40.1 Å². The lowest BCUT2D eigenvalue weighted by atomic mass is 10.0. The first-order chi connectivity index (χ1) is 19.6. The third kappa shape index (κ3) is 5.29. The topological polar surface area (TPSA) is 113 Å². The number of Topliss-reactive ketones (excluding diaryl/α,β-unsaturated/α-hetero) is 1. The quantitative estimate of drug-likeness (QED) is 0.264. The number of benzene rings is 2. The van der Waals surface area contributed by atoms with E-state index in [4.69, 9.17) is 28.1 Å². The van der Waals surface area contributed by atoms with E-state index in [1.54, 1.807) is 31.5 Å². The van der Waals surface area contributed by atoms with Crippen LogP contribution in [-0.4, -0.2) is 63.1 Å². The van der Waals surface area contributed by atoms with Crippen molar-refractivity contribution in [3.63, 3.8) is 0 Å². The van der Waals surface area contributed by atoms with Crippen molar-refractivity contribution in [1.29, 1.82) is 5.26 Å². The Bertz CT molecular complexity index is 1580. The van der Waals surface area contributed by atoms with Crippen molar-refractivity contribution in [3.8, 4) is 40.0 Å². The molecule has 0 radical (unpaired) electrons. The van der Waals surface area contributed by atoms with Crippen molar-refractivity contribution >= 4 is 16.9 Å². The molecular weight excluding hydrogens is 512 g/mol. The predicted molar refractivity (Wildman–Crippen MR) is 146 cm³/mol. The van der Waals surface area contributed by atoms with Gasteiger partial charge in [-0.1, -0.05) is 12.1 Å². The molecule has 2 aromatic carbocycles. The molecule has 40 heavy (non-hydrogen) atoms. The lowest BCUT2D eigenvalue weighted by molar-refractivity contribution is -0.123. The molecule has 0 bridgehead atoms. The van der Waals surface area contributed by atoms with Crippen LogP contribution in [-0.2, 0) is 14.2 Å². The van der Waals surface area contributed by atoms with E-state index in [0.29, 0.717) is 71.5 Å². The molecule has 4 aromatic rings. The fraction of sp³-hybridized carbons (Fsp3) is 0.323. The van der Waals surface area contributed by atoms with Crippen molar-refractivity contribution in [3.05, 3.63) is 65.9 Å². The number of ketones is 1. The van der Waals surface area contributed by atoms with Gasteiger partial charge in [-0.05, 0) is 35.9 Å². The Morgan fingerprint density at radius 1 is 1.00 bits per heavy atom. The van der Waals surface area contributed by atoms with Gasteiger partial charge in [-0.15, -0.1) is 0 Å². The molecule has 0 saturated carbocycles. The first-order valence-corrected chi connectivity index (χ1v) is 13.2. The zero-order valence-corrected chi connectivity index (χ0v) is 22.1. The Labute approximate surface area is 231 Å². The molecule has 0 amide bonds. The summed E-state index contributed by atoms with van der Waals surface area (Å²) in [5.74, 6) is 1.48. The Morgan fingerprint density at radius 2 is 1.85 bits per heavy atom. The molecule has 0 spiro atoms. The number of furan rings is 1. The summed E-state index contributed by atoms with van der Waals surface area (Å²) < 4.78 is 34.1. The maximum absolute atomic E-state index is 12.6. The van der Waals surface area contributed by atoms with Gasteiger partial charge in [0, 0.05) is 36.2 Å². The minimum atomic E-state index is -0.136. The minimum Gasteiger partial charge on any atom is -0.496 e. The van der Waals surface area contributed by atoms with Crippen LogP contribution in [0.5, 0.6) is 11.5 Å². The van der Waals surface area contributed by atoms with Crippen molar-refractivity contribution in [2.24, 2.45) is 0 Å². The number of carbonyl (C=O) groups excluding carboxylic acids is 1. The number of ether oxygens (including phenoxy) is 5. The zero-order chi connectivity index (χ0) is 27.5. The number of nitrogens with zero attached hydrogens (tertiary/aromatic N) is 2. The number of carbonyl (C=O) groups is 1. The van der Waals surface area contributed by atoms with Gasteiger partial charge in [0.1, 0.15) is 47.7 Å². The normalized spacial score (nSPS) is 15.9. The largest absolute Gasteiger partial charge is 0.496 e. The second-order valence-corrected chi connectivity index (χ2v) is 9.74. The maximum Gasteiger partial charge on any atom is 0.188 e. The SMILES string of the molecule is COc1cc(C(=O)COC2COC2)ccc1-c1cc2nccc(-c3ccc(OC4CCOCC4)c(C#N)c3)c2o1. The highest BCUT2D eigenvalue weighted by atomic mass is 16.6. The molecule has 6 rings (SSSR count). The molecule has 204 valence electrons. The molecule has 2 saturated heterocycles. The van der Waals surface area contributed by atoms with Gasteiger partial charge in [0.05, 0.1) is 44.7 Å². The molecule has 0 atom stereocenters. The average molecular weight is 541 g/mol. The summed E-state index contributed by atoms with van der Waals surface area (Å²) in [5, 5.41) is 9.84.